The summed E-state index contributed by atoms with van der Waals surface area (Å²) < 4.78 is 16.3. The molecule has 1 amide bonds. The molecule has 5 nitrogen and oxygen atoms in total. The second-order valence-electron chi connectivity index (χ2n) is 6.59. The Morgan fingerprint density at radius 2 is 1.97 bits per heavy atom. The van der Waals surface area contributed by atoms with Crippen LogP contribution >= 0.6 is 23.4 Å². The lowest BCUT2D eigenvalue weighted by Crippen LogP contribution is -2.17. The summed E-state index contributed by atoms with van der Waals surface area (Å²) in [5.41, 5.74) is 3.47. The van der Waals surface area contributed by atoms with Gasteiger partial charge in [0.1, 0.15) is 11.3 Å². The first kappa shape index (κ1) is 20.4. The molecule has 0 aliphatic carbocycles. The second-order valence-corrected chi connectivity index (χ2v) is 7.94. The fourth-order valence-corrected chi connectivity index (χ4v) is 4.26. The van der Waals surface area contributed by atoms with Crippen LogP contribution in [0.4, 0.5) is 4.39 Å². The Labute approximate surface area is 182 Å². The van der Waals surface area contributed by atoms with E-state index in [4.69, 9.17) is 11.6 Å². The Morgan fingerprint density at radius 3 is 2.70 bits per heavy atom. The maximum absolute atomic E-state index is 14.4. The lowest BCUT2D eigenvalue weighted by atomic mass is 10.1. The molecule has 1 N–H and O–H groups in total. The molecule has 30 heavy (non-hydrogen) atoms. The first-order chi connectivity index (χ1) is 14.6. The van der Waals surface area contributed by atoms with E-state index in [0.717, 1.165) is 16.2 Å². The van der Waals surface area contributed by atoms with Crippen LogP contribution in [0, 0.1) is 5.82 Å². The average molecular weight is 441 g/mol. The number of nitrogens with zero attached hydrogens (tertiary/aromatic N) is 3. The Bertz CT molecular complexity index is 1190. The fourth-order valence-electron chi connectivity index (χ4n) is 3.08. The van der Waals surface area contributed by atoms with Crippen LogP contribution in [0.5, 0.6) is 0 Å². The fraction of sp³-hybridized carbons (Fsp3) is 0.136. The van der Waals surface area contributed by atoms with E-state index < -0.39 is 0 Å². The first-order valence-corrected chi connectivity index (χ1v) is 10.6. The van der Waals surface area contributed by atoms with Gasteiger partial charge in [-0.25, -0.2) is 14.4 Å². The number of hydrogen-bond donors (Lipinski definition) is 1. The summed E-state index contributed by atoms with van der Waals surface area (Å²) in [5.74, 6) is 0.160. The molecule has 2 heterocycles. The molecule has 0 bridgehead atoms. The van der Waals surface area contributed by atoms with E-state index in [1.807, 2.05) is 28.8 Å². The molecular weight excluding hydrogens is 423 g/mol. The van der Waals surface area contributed by atoms with Gasteiger partial charge in [0.2, 0.25) is 0 Å². The minimum Gasteiger partial charge on any atom is -0.355 e. The first-order valence-electron chi connectivity index (χ1n) is 9.25. The van der Waals surface area contributed by atoms with Crippen LogP contribution in [0.25, 0.3) is 11.2 Å². The van der Waals surface area contributed by atoms with Gasteiger partial charge in [0.15, 0.2) is 10.8 Å². The number of nitrogens with one attached hydrogen (secondary N) is 1. The van der Waals surface area contributed by atoms with Crippen molar-refractivity contribution in [2.75, 3.05) is 7.05 Å². The van der Waals surface area contributed by atoms with Crippen LogP contribution in [-0.2, 0) is 12.3 Å². The summed E-state index contributed by atoms with van der Waals surface area (Å²) in [4.78, 5) is 20.8. The number of fused-ring (bicyclic) bond motifs is 1. The quantitative estimate of drug-likeness (QED) is 0.432. The number of amides is 1. The summed E-state index contributed by atoms with van der Waals surface area (Å²) in [7, 11) is 1.60. The number of halogens is 2. The lowest BCUT2D eigenvalue weighted by Gasteiger charge is -2.11. The molecular formula is C22H18ClFN4OS. The molecule has 0 aliphatic rings. The summed E-state index contributed by atoms with van der Waals surface area (Å²) >= 11 is 7.76. The maximum Gasteiger partial charge on any atom is 0.251 e. The number of aromatic nitrogens is 3. The summed E-state index contributed by atoms with van der Waals surface area (Å²) in [5, 5.41) is 3.70. The highest BCUT2D eigenvalue weighted by molar-refractivity contribution is 7.98. The van der Waals surface area contributed by atoms with Gasteiger partial charge in [-0.2, -0.15) is 0 Å². The number of pyridine rings is 1. The highest BCUT2D eigenvalue weighted by Crippen LogP contribution is 2.29. The van der Waals surface area contributed by atoms with Gasteiger partial charge in [-0.05, 0) is 42.0 Å². The van der Waals surface area contributed by atoms with Gasteiger partial charge in [-0.1, -0.05) is 41.6 Å². The van der Waals surface area contributed by atoms with Crippen molar-refractivity contribution in [1.29, 1.82) is 0 Å². The Kier molecular flexibility index (Phi) is 6.01. The average Bonchev–Trinajstić information content (AvgIpc) is 3.12. The monoisotopic (exact) mass is 440 g/mol. The van der Waals surface area contributed by atoms with E-state index in [1.165, 1.54) is 17.8 Å². The zero-order valence-electron chi connectivity index (χ0n) is 16.1. The molecule has 0 atom stereocenters. The molecule has 0 spiro atoms. The number of thioether (sulfide) groups is 1. The van der Waals surface area contributed by atoms with Crippen molar-refractivity contribution in [2.45, 2.75) is 17.5 Å². The number of imidazole rings is 1. The molecule has 0 fully saturated rings. The largest absolute Gasteiger partial charge is 0.355 e. The van der Waals surface area contributed by atoms with Crippen molar-refractivity contribution >= 4 is 40.4 Å². The number of rotatable bonds is 6. The molecule has 0 aliphatic heterocycles. The standard InChI is InChI=1S/C22H18ClFN4OS/c1-25-21(29)15-9-7-14(8-10-15)13-30-22-27-19-6-3-11-26-20(19)28(22)12-16-17(23)4-2-5-18(16)24/h2-11H,12-13H2,1H3,(H,25,29). The van der Waals surface area contributed by atoms with Gasteiger partial charge >= 0.3 is 0 Å². The van der Waals surface area contributed by atoms with Gasteiger partial charge in [0.25, 0.3) is 5.91 Å². The van der Waals surface area contributed by atoms with Gasteiger partial charge in [-0.3, -0.25) is 9.36 Å². The minimum absolute atomic E-state index is 0.121. The van der Waals surface area contributed by atoms with Crippen LogP contribution < -0.4 is 5.32 Å². The van der Waals surface area contributed by atoms with Crippen LogP contribution in [-0.4, -0.2) is 27.5 Å². The SMILES string of the molecule is CNC(=O)c1ccc(CSc2nc3cccnc3n2Cc2c(F)cccc2Cl)cc1. The Hall–Kier alpha value is -2.90. The number of carbonyl (C=O) groups is 1. The number of hydrogen-bond acceptors (Lipinski definition) is 4. The highest BCUT2D eigenvalue weighted by Gasteiger charge is 2.16. The molecule has 8 heteroatoms. The molecule has 0 saturated heterocycles. The Balaban J connectivity index is 1.62. The van der Waals surface area contributed by atoms with Crippen molar-refractivity contribution in [1.82, 2.24) is 19.9 Å². The third-order valence-electron chi connectivity index (χ3n) is 4.66. The van der Waals surface area contributed by atoms with Gasteiger partial charge < -0.3 is 5.32 Å². The van der Waals surface area contributed by atoms with E-state index >= 15 is 0 Å². The zero-order chi connectivity index (χ0) is 21.1. The van der Waals surface area contributed by atoms with Crippen LogP contribution in [0.1, 0.15) is 21.5 Å². The highest BCUT2D eigenvalue weighted by atomic mass is 35.5. The normalized spacial score (nSPS) is 11.0. The van der Waals surface area contributed by atoms with Crippen molar-refractivity contribution in [3.05, 3.63) is 88.3 Å². The van der Waals surface area contributed by atoms with Crippen molar-refractivity contribution in [3.8, 4) is 0 Å². The topological polar surface area (TPSA) is 59.8 Å². The smallest absolute Gasteiger partial charge is 0.251 e. The molecule has 2 aromatic heterocycles. The summed E-state index contributed by atoms with van der Waals surface area (Å²) in [6, 6.07) is 15.8. The zero-order valence-corrected chi connectivity index (χ0v) is 17.7. The van der Waals surface area contributed by atoms with Crippen molar-refractivity contribution in [3.63, 3.8) is 0 Å². The summed E-state index contributed by atoms with van der Waals surface area (Å²) in [6.45, 7) is 0.233. The summed E-state index contributed by atoms with van der Waals surface area (Å²) in [6.07, 6.45) is 1.69. The van der Waals surface area contributed by atoms with Crippen LogP contribution in [0.15, 0.2) is 66.0 Å². The molecule has 0 saturated carbocycles. The predicted octanol–water partition coefficient (Wildman–Crippen LogP) is 4.92. The predicted molar refractivity (Wildman–Crippen MR) is 117 cm³/mol. The Morgan fingerprint density at radius 1 is 1.17 bits per heavy atom. The maximum atomic E-state index is 14.4. The van der Waals surface area contributed by atoms with Crippen molar-refractivity contribution in [2.24, 2.45) is 0 Å². The van der Waals surface area contributed by atoms with Crippen molar-refractivity contribution < 1.29 is 9.18 Å². The van der Waals surface area contributed by atoms with E-state index in [1.54, 1.807) is 37.5 Å². The van der Waals surface area contributed by atoms with Crippen LogP contribution in [0.3, 0.4) is 0 Å². The minimum atomic E-state index is -0.360. The van der Waals surface area contributed by atoms with E-state index in [-0.39, 0.29) is 18.3 Å². The number of carbonyl (C=O) groups excluding carboxylic acids is 1. The lowest BCUT2D eigenvalue weighted by molar-refractivity contribution is 0.0963. The van der Waals surface area contributed by atoms with E-state index in [2.05, 4.69) is 15.3 Å². The second kappa shape index (κ2) is 8.85. The third kappa shape index (κ3) is 4.17. The van der Waals surface area contributed by atoms with E-state index in [9.17, 15) is 9.18 Å². The van der Waals surface area contributed by atoms with Gasteiger partial charge in [0.05, 0.1) is 6.54 Å². The molecule has 2 aromatic carbocycles. The van der Waals surface area contributed by atoms with Gasteiger partial charge in [0, 0.05) is 35.1 Å². The molecule has 152 valence electrons. The molecule has 4 aromatic rings. The number of benzene rings is 2. The third-order valence-corrected chi connectivity index (χ3v) is 6.06. The molecule has 4 rings (SSSR count). The van der Waals surface area contributed by atoms with Crippen LogP contribution in [0.2, 0.25) is 5.02 Å². The van der Waals surface area contributed by atoms with Gasteiger partial charge in [-0.15, -0.1) is 0 Å². The molecule has 0 unspecified atom stereocenters. The van der Waals surface area contributed by atoms with E-state index in [0.29, 0.717) is 27.5 Å². The molecule has 0 radical (unpaired) electrons.